The smallest absolute Gasteiger partial charge is 0.243 e. The number of aromatic nitrogens is 2. The molecule has 2 aromatic carbocycles. The van der Waals surface area contributed by atoms with Crippen molar-refractivity contribution >= 4 is 52.1 Å². The van der Waals surface area contributed by atoms with Gasteiger partial charge in [-0.05, 0) is 35.4 Å². The van der Waals surface area contributed by atoms with E-state index in [1.165, 1.54) is 5.01 Å². The molecule has 0 spiro atoms. The number of carbonyl (C=O) groups is 2. The molecule has 6 nitrogen and oxygen atoms in total. The van der Waals surface area contributed by atoms with Gasteiger partial charge in [0.15, 0.2) is 0 Å². The van der Waals surface area contributed by atoms with Crippen LogP contribution in [0.5, 0.6) is 0 Å². The summed E-state index contributed by atoms with van der Waals surface area (Å²) in [4.78, 5) is 32.1. The van der Waals surface area contributed by atoms with Gasteiger partial charge in [-0.25, -0.2) is 5.01 Å². The average molecular weight is 427 g/mol. The lowest BCUT2D eigenvalue weighted by molar-refractivity contribution is -0.133. The molecule has 0 saturated carbocycles. The molecule has 0 aliphatic carbocycles. The van der Waals surface area contributed by atoms with Crippen LogP contribution in [0.3, 0.4) is 0 Å². The highest BCUT2D eigenvalue weighted by Gasteiger charge is 2.33. The Morgan fingerprint density at radius 2 is 1.86 bits per heavy atom. The fourth-order valence-corrected chi connectivity index (χ4v) is 3.63. The van der Waals surface area contributed by atoms with Crippen molar-refractivity contribution in [2.24, 2.45) is 5.10 Å². The summed E-state index contributed by atoms with van der Waals surface area (Å²) in [5.41, 5.74) is 3.95. The number of aldehydes is 1. The molecule has 1 aromatic heterocycles. The van der Waals surface area contributed by atoms with Crippen LogP contribution in [-0.4, -0.2) is 32.9 Å². The summed E-state index contributed by atoms with van der Waals surface area (Å²) in [6.45, 7) is 0. The van der Waals surface area contributed by atoms with E-state index >= 15 is 0 Å². The van der Waals surface area contributed by atoms with Gasteiger partial charge in [0, 0.05) is 31.7 Å². The quantitative estimate of drug-likeness (QED) is 0.558. The van der Waals surface area contributed by atoms with Crippen molar-refractivity contribution in [2.45, 2.75) is 25.3 Å². The number of fused-ring (bicyclic) bond motifs is 1. The molecule has 146 valence electrons. The maximum absolute atomic E-state index is 12.7. The molecule has 8 heteroatoms. The first-order chi connectivity index (χ1) is 14.1. The summed E-state index contributed by atoms with van der Waals surface area (Å²) in [6, 6.07) is 10.7. The van der Waals surface area contributed by atoms with Crippen molar-refractivity contribution < 1.29 is 9.59 Å². The molecule has 1 atom stereocenters. The molecule has 0 N–H and O–H groups in total. The van der Waals surface area contributed by atoms with Crippen LogP contribution in [0, 0.1) is 0 Å². The summed E-state index contributed by atoms with van der Waals surface area (Å²) >= 11 is 12.2. The van der Waals surface area contributed by atoms with Gasteiger partial charge in [-0.1, -0.05) is 35.3 Å². The molecule has 1 aliphatic rings. The third-order valence-corrected chi connectivity index (χ3v) is 5.51. The van der Waals surface area contributed by atoms with E-state index in [0.717, 1.165) is 34.2 Å². The minimum atomic E-state index is -0.301. The molecule has 0 fully saturated rings. The molecule has 4 rings (SSSR count). The van der Waals surface area contributed by atoms with E-state index in [1.54, 1.807) is 24.5 Å². The van der Waals surface area contributed by atoms with Crippen LogP contribution in [0.1, 0.15) is 36.4 Å². The van der Waals surface area contributed by atoms with Crippen LogP contribution in [-0.2, 0) is 9.59 Å². The number of hydrazone groups is 1. The second-order valence-electron chi connectivity index (χ2n) is 6.64. The zero-order valence-electron chi connectivity index (χ0n) is 15.3. The van der Waals surface area contributed by atoms with Crippen molar-refractivity contribution in [1.82, 2.24) is 15.0 Å². The number of nitrogens with zero attached hydrogens (tertiary/aromatic N) is 4. The fourth-order valence-electron chi connectivity index (χ4n) is 3.33. The van der Waals surface area contributed by atoms with E-state index in [2.05, 4.69) is 15.1 Å². The Balaban J connectivity index is 1.71. The maximum Gasteiger partial charge on any atom is 0.243 e. The van der Waals surface area contributed by atoms with Crippen molar-refractivity contribution in [1.29, 1.82) is 0 Å². The normalized spacial score (nSPS) is 16.1. The number of hydrogen-bond donors (Lipinski definition) is 0. The molecule has 1 unspecified atom stereocenters. The van der Waals surface area contributed by atoms with Gasteiger partial charge in [0.1, 0.15) is 6.29 Å². The third-order valence-electron chi connectivity index (χ3n) is 4.77. The highest BCUT2D eigenvalue weighted by Crippen LogP contribution is 2.35. The lowest BCUT2D eigenvalue weighted by Gasteiger charge is -2.22. The summed E-state index contributed by atoms with van der Waals surface area (Å²) in [5.74, 6) is -0.212. The number of carbonyl (C=O) groups excluding carboxylic acids is 2. The SMILES string of the molecule is O=CCCC(=O)N1N=C(c2ccc(Cl)c(Cl)c2)CC1c1ccc2nccnc2c1. The summed E-state index contributed by atoms with van der Waals surface area (Å²) in [7, 11) is 0. The van der Waals surface area contributed by atoms with Gasteiger partial charge in [0.25, 0.3) is 0 Å². The van der Waals surface area contributed by atoms with E-state index < -0.39 is 0 Å². The molecule has 0 radical (unpaired) electrons. The predicted molar refractivity (Wildman–Crippen MR) is 112 cm³/mol. The Hall–Kier alpha value is -2.83. The molecular weight excluding hydrogens is 411 g/mol. The van der Waals surface area contributed by atoms with Gasteiger partial charge in [0.2, 0.25) is 5.91 Å². The predicted octanol–water partition coefficient (Wildman–Crippen LogP) is 4.59. The van der Waals surface area contributed by atoms with Gasteiger partial charge >= 0.3 is 0 Å². The number of benzene rings is 2. The van der Waals surface area contributed by atoms with Crippen LogP contribution >= 0.6 is 23.2 Å². The summed E-state index contributed by atoms with van der Waals surface area (Å²) in [5, 5.41) is 6.91. The molecular formula is C21H16Cl2N4O2. The first kappa shape index (κ1) is 19.5. The standard InChI is InChI=1S/C21H16Cl2N4O2/c22-15-5-3-13(10-16(15)23)18-12-20(27(26-18)21(29)2-1-9-28)14-4-6-17-19(11-14)25-8-7-24-17/h3-11,20H,1-2,12H2. The monoisotopic (exact) mass is 426 g/mol. The average Bonchev–Trinajstić information content (AvgIpc) is 3.19. The Morgan fingerprint density at radius 3 is 2.62 bits per heavy atom. The number of hydrogen-bond acceptors (Lipinski definition) is 5. The van der Waals surface area contributed by atoms with Crippen molar-refractivity contribution in [2.75, 3.05) is 0 Å². The van der Waals surface area contributed by atoms with Crippen molar-refractivity contribution in [3.8, 4) is 0 Å². The highest BCUT2D eigenvalue weighted by molar-refractivity contribution is 6.42. The maximum atomic E-state index is 12.7. The molecule has 0 bridgehead atoms. The molecule has 2 heterocycles. The number of halogens is 2. The Morgan fingerprint density at radius 1 is 1.07 bits per heavy atom. The third kappa shape index (κ3) is 3.99. The first-order valence-corrected chi connectivity index (χ1v) is 9.81. The molecule has 3 aromatic rings. The fraction of sp³-hybridized carbons (Fsp3) is 0.190. The van der Waals surface area contributed by atoms with E-state index in [4.69, 9.17) is 23.2 Å². The summed E-state index contributed by atoms with van der Waals surface area (Å²) < 4.78 is 0. The topological polar surface area (TPSA) is 75.5 Å². The molecule has 1 aliphatic heterocycles. The van der Waals surface area contributed by atoms with E-state index in [9.17, 15) is 9.59 Å². The molecule has 0 saturated heterocycles. The van der Waals surface area contributed by atoms with Crippen molar-refractivity contribution in [3.05, 3.63) is 70.0 Å². The number of rotatable bonds is 5. The lowest BCUT2D eigenvalue weighted by Crippen LogP contribution is -2.26. The summed E-state index contributed by atoms with van der Waals surface area (Å²) in [6.07, 6.45) is 4.77. The molecule has 29 heavy (non-hydrogen) atoms. The second-order valence-corrected chi connectivity index (χ2v) is 7.46. The first-order valence-electron chi connectivity index (χ1n) is 9.06. The minimum absolute atomic E-state index is 0.103. The largest absolute Gasteiger partial charge is 0.303 e. The zero-order chi connectivity index (χ0) is 20.4. The van der Waals surface area contributed by atoms with Gasteiger partial charge in [-0.2, -0.15) is 5.10 Å². The Labute approximate surface area is 177 Å². The van der Waals surface area contributed by atoms with Gasteiger partial charge in [-0.3, -0.25) is 14.8 Å². The van der Waals surface area contributed by atoms with Crippen LogP contribution in [0.15, 0.2) is 53.9 Å². The minimum Gasteiger partial charge on any atom is -0.303 e. The van der Waals surface area contributed by atoms with Crippen LogP contribution < -0.4 is 0 Å². The zero-order valence-corrected chi connectivity index (χ0v) is 16.8. The van der Waals surface area contributed by atoms with Crippen LogP contribution in [0.4, 0.5) is 0 Å². The lowest BCUT2D eigenvalue weighted by atomic mass is 9.98. The Bertz CT molecular complexity index is 1130. The van der Waals surface area contributed by atoms with Crippen LogP contribution in [0.25, 0.3) is 11.0 Å². The second kappa shape index (κ2) is 8.27. The van der Waals surface area contributed by atoms with Crippen LogP contribution in [0.2, 0.25) is 10.0 Å². The molecule has 1 amide bonds. The van der Waals surface area contributed by atoms with E-state index in [1.807, 2.05) is 24.3 Å². The highest BCUT2D eigenvalue weighted by atomic mass is 35.5. The van der Waals surface area contributed by atoms with Crippen molar-refractivity contribution in [3.63, 3.8) is 0 Å². The van der Waals surface area contributed by atoms with Gasteiger partial charge < -0.3 is 4.79 Å². The Kier molecular flexibility index (Phi) is 5.56. The van der Waals surface area contributed by atoms with E-state index in [0.29, 0.717) is 16.5 Å². The number of amides is 1. The van der Waals surface area contributed by atoms with Gasteiger partial charge in [-0.15, -0.1) is 0 Å². The van der Waals surface area contributed by atoms with E-state index in [-0.39, 0.29) is 24.8 Å². The van der Waals surface area contributed by atoms with Gasteiger partial charge in [0.05, 0.1) is 32.8 Å².